The van der Waals surface area contributed by atoms with Gasteiger partial charge in [-0.1, -0.05) is 0 Å². The number of rotatable bonds is 4. The van der Waals surface area contributed by atoms with Crippen molar-refractivity contribution in [2.45, 2.75) is 18.1 Å². The second-order valence-corrected chi connectivity index (χ2v) is 5.64. The monoisotopic (exact) mass is 282 g/mol. The highest BCUT2D eigenvalue weighted by molar-refractivity contribution is 8.00. The third kappa shape index (κ3) is 3.34. The third-order valence-electron chi connectivity index (χ3n) is 2.87. The standard InChI is InChI=1S/C11H14N4O3S/c12-10-9(4-7(5-13-10)15(17)18)11(16)14-6-8-2-1-3-19-8/h4-5,8H,1-3,6H2,(H2,12,13)(H,14,16). The Morgan fingerprint density at radius 3 is 3.11 bits per heavy atom. The van der Waals surface area contributed by atoms with Gasteiger partial charge in [-0.3, -0.25) is 14.9 Å². The van der Waals surface area contributed by atoms with Crippen LogP contribution in [0.25, 0.3) is 0 Å². The minimum atomic E-state index is -0.601. The van der Waals surface area contributed by atoms with Crippen LogP contribution >= 0.6 is 11.8 Å². The molecule has 1 unspecified atom stereocenters. The van der Waals surface area contributed by atoms with E-state index in [2.05, 4.69) is 10.3 Å². The second-order valence-electron chi connectivity index (χ2n) is 4.23. The zero-order valence-electron chi connectivity index (χ0n) is 10.2. The van der Waals surface area contributed by atoms with Gasteiger partial charge in [0, 0.05) is 17.9 Å². The molecule has 1 amide bonds. The summed E-state index contributed by atoms with van der Waals surface area (Å²) in [6.45, 7) is 0.547. The molecule has 1 aliphatic heterocycles. The van der Waals surface area contributed by atoms with Gasteiger partial charge in [0.2, 0.25) is 0 Å². The summed E-state index contributed by atoms with van der Waals surface area (Å²) in [5, 5.41) is 13.8. The second kappa shape index (κ2) is 5.87. The number of nitrogens with two attached hydrogens (primary N) is 1. The van der Waals surface area contributed by atoms with Crippen LogP contribution in [0.2, 0.25) is 0 Å². The Balaban J connectivity index is 2.04. The fourth-order valence-electron chi connectivity index (χ4n) is 1.85. The number of hydrogen-bond acceptors (Lipinski definition) is 6. The van der Waals surface area contributed by atoms with Crippen LogP contribution in [0.4, 0.5) is 11.5 Å². The van der Waals surface area contributed by atoms with Gasteiger partial charge < -0.3 is 11.1 Å². The molecule has 2 rings (SSSR count). The van der Waals surface area contributed by atoms with Gasteiger partial charge in [-0.2, -0.15) is 11.8 Å². The fraction of sp³-hybridized carbons (Fsp3) is 0.455. The highest BCUT2D eigenvalue weighted by Crippen LogP contribution is 2.25. The molecule has 1 aromatic rings. The van der Waals surface area contributed by atoms with E-state index >= 15 is 0 Å². The summed E-state index contributed by atoms with van der Waals surface area (Å²) in [6.07, 6.45) is 3.28. The molecule has 0 aromatic carbocycles. The van der Waals surface area contributed by atoms with Crippen LogP contribution in [0.1, 0.15) is 23.2 Å². The van der Waals surface area contributed by atoms with Crippen molar-refractivity contribution in [3.05, 3.63) is 27.9 Å². The fourth-order valence-corrected chi connectivity index (χ4v) is 3.05. The summed E-state index contributed by atoms with van der Waals surface area (Å²) in [4.78, 5) is 25.6. The molecule has 102 valence electrons. The van der Waals surface area contributed by atoms with Crippen molar-refractivity contribution in [2.75, 3.05) is 18.0 Å². The van der Waals surface area contributed by atoms with Crippen molar-refractivity contribution in [3.8, 4) is 0 Å². The first-order valence-electron chi connectivity index (χ1n) is 5.87. The van der Waals surface area contributed by atoms with Crippen LogP contribution in [0.5, 0.6) is 0 Å². The number of carbonyl (C=O) groups excluding carboxylic acids is 1. The number of nitro groups is 1. The van der Waals surface area contributed by atoms with Gasteiger partial charge >= 0.3 is 0 Å². The maximum absolute atomic E-state index is 11.9. The Morgan fingerprint density at radius 1 is 1.68 bits per heavy atom. The number of nitrogens with zero attached hydrogens (tertiary/aromatic N) is 2. The Hall–Kier alpha value is -1.83. The Morgan fingerprint density at radius 2 is 2.47 bits per heavy atom. The first-order valence-corrected chi connectivity index (χ1v) is 6.92. The quantitative estimate of drug-likeness (QED) is 0.634. The minimum absolute atomic E-state index is 0.00201. The normalized spacial score (nSPS) is 18.2. The molecule has 0 spiro atoms. The van der Waals surface area contributed by atoms with E-state index in [4.69, 9.17) is 5.73 Å². The molecule has 0 aliphatic carbocycles. The Bertz CT molecular complexity index is 503. The zero-order chi connectivity index (χ0) is 13.8. The van der Waals surface area contributed by atoms with Crippen molar-refractivity contribution in [1.82, 2.24) is 10.3 Å². The SMILES string of the molecule is Nc1ncc([N+](=O)[O-])cc1C(=O)NCC1CCCS1. The number of carbonyl (C=O) groups is 1. The lowest BCUT2D eigenvalue weighted by molar-refractivity contribution is -0.385. The first kappa shape index (κ1) is 13.6. The van der Waals surface area contributed by atoms with E-state index in [0.29, 0.717) is 11.8 Å². The average Bonchev–Trinajstić information content (AvgIpc) is 2.89. The van der Waals surface area contributed by atoms with E-state index in [9.17, 15) is 14.9 Å². The molecule has 1 aromatic heterocycles. The number of amides is 1. The predicted molar refractivity (Wildman–Crippen MR) is 73.1 cm³/mol. The van der Waals surface area contributed by atoms with E-state index in [1.807, 2.05) is 11.8 Å². The molecular weight excluding hydrogens is 268 g/mol. The molecule has 2 heterocycles. The lowest BCUT2D eigenvalue weighted by Gasteiger charge is -2.10. The average molecular weight is 282 g/mol. The van der Waals surface area contributed by atoms with Crippen molar-refractivity contribution in [3.63, 3.8) is 0 Å². The van der Waals surface area contributed by atoms with Crippen LogP contribution in [-0.4, -0.2) is 33.4 Å². The van der Waals surface area contributed by atoms with Gasteiger partial charge in [0.05, 0.1) is 10.5 Å². The van der Waals surface area contributed by atoms with Crippen molar-refractivity contribution in [1.29, 1.82) is 0 Å². The van der Waals surface area contributed by atoms with Gasteiger partial charge in [0.25, 0.3) is 11.6 Å². The summed E-state index contributed by atoms with van der Waals surface area (Å²) in [5.74, 6) is 0.699. The minimum Gasteiger partial charge on any atom is -0.383 e. The predicted octanol–water partition coefficient (Wildman–Crippen LogP) is 1.20. The van der Waals surface area contributed by atoms with Gasteiger partial charge in [0.15, 0.2) is 0 Å². The van der Waals surface area contributed by atoms with Crippen LogP contribution in [0.3, 0.4) is 0 Å². The summed E-state index contributed by atoms with van der Waals surface area (Å²) in [7, 11) is 0. The molecule has 0 bridgehead atoms. The van der Waals surface area contributed by atoms with Crippen molar-refractivity contribution >= 4 is 29.2 Å². The Kier molecular flexibility index (Phi) is 4.20. The van der Waals surface area contributed by atoms with Gasteiger partial charge in [-0.25, -0.2) is 4.98 Å². The van der Waals surface area contributed by atoms with Crippen LogP contribution in [-0.2, 0) is 0 Å². The highest BCUT2D eigenvalue weighted by atomic mass is 32.2. The topological polar surface area (TPSA) is 111 Å². The maximum Gasteiger partial charge on any atom is 0.288 e. The molecule has 1 fully saturated rings. The van der Waals surface area contributed by atoms with Crippen LogP contribution < -0.4 is 11.1 Å². The molecule has 1 saturated heterocycles. The van der Waals surface area contributed by atoms with E-state index in [-0.39, 0.29) is 17.1 Å². The van der Waals surface area contributed by atoms with Crippen molar-refractivity contribution < 1.29 is 9.72 Å². The van der Waals surface area contributed by atoms with Gasteiger partial charge in [-0.15, -0.1) is 0 Å². The Labute approximate surface area is 114 Å². The number of hydrogen-bond donors (Lipinski definition) is 2. The zero-order valence-corrected chi connectivity index (χ0v) is 11.0. The van der Waals surface area contributed by atoms with Crippen molar-refractivity contribution in [2.24, 2.45) is 0 Å². The summed E-state index contributed by atoms with van der Waals surface area (Å²) < 4.78 is 0. The molecule has 1 atom stereocenters. The molecule has 1 aliphatic rings. The number of aromatic nitrogens is 1. The third-order valence-corrected chi connectivity index (χ3v) is 4.27. The molecule has 8 heteroatoms. The van der Waals surface area contributed by atoms with E-state index in [1.165, 1.54) is 0 Å². The summed E-state index contributed by atoms with van der Waals surface area (Å²) >= 11 is 1.82. The number of thioether (sulfide) groups is 1. The number of nitrogen functional groups attached to an aromatic ring is 1. The summed E-state index contributed by atoms with van der Waals surface area (Å²) in [6, 6.07) is 1.15. The lowest BCUT2D eigenvalue weighted by atomic mass is 10.2. The highest BCUT2D eigenvalue weighted by Gasteiger charge is 2.19. The lowest BCUT2D eigenvalue weighted by Crippen LogP contribution is -2.30. The summed E-state index contributed by atoms with van der Waals surface area (Å²) in [5.41, 5.74) is 5.39. The molecular formula is C11H14N4O3S. The maximum atomic E-state index is 11.9. The van der Waals surface area contributed by atoms with Gasteiger partial charge in [-0.05, 0) is 18.6 Å². The van der Waals surface area contributed by atoms with Gasteiger partial charge in [0.1, 0.15) is 12.0 Å². The molecule has 3 N–H and O–H groups in total. The van der Waals surface area contributed by atoms with Crippen LogP contribution in [0.15, 0.2) is 12.3 Å². The van der Waals surface area contributed by atoms with E-state index < -0.39 is 10.8 Å². The van der Waals surface area contributed by atoms with Crippen LogP contribution in [0, 0.1) is 10.1 Å². The number of anilines is 1. The van der Waals surface area contributed by atoms with E-state index in [0.717, 1.165) is 30.9 Å². The molecule has 0 saturated carbocycles. The van der Waals surface area contributed by atoms with E-state index in [1.54, 1.807) is 0 Å². The largest absolute Gasteiger partial charge is 0.383 e. The molecule has 19 heavy (non-hydrogen) atoms. The molecule has 7 nitrogen and oxygen atoms in total. The molecule has 0 radical (unpaired) electrons. The first-order chi connectivity index (χ1) is 9.08. The smallest absolute Gasteiger partial charge is 0.288 e. The number of nitrogens with one attached hydrogen (secondary N) is 1. The number of pyridine rings is 1.